The van der Waals surface area contributed by atoms with E-state index >= 15 is 0 Å². The molecule has 0 radical (unpaired) electrons. The van der Waals surface area contributed by atoms with Crippen LogP contribution in [0, 0.1) is 0 Å². The minimum absolute atomic E-state index is 0.269. The average Bonchev–Trinajstić information content (AvgIpc) is 2.55. The van der Waals surface area contributed by atoms with Crippen molar-refractivity contribution in [3.63, 3.8) is 0 Å². The summed E-state index contributed by atoms with van der Waals surface area (Å²) >= 11 is 3.38. The van der Waals surface area contributed by atoms with Crippen molar-refractivity contribution in [1.29, 1.82) is 0 Å². The lowest BCUT2D eigenvalue weighted by atomic mass is 10.2. The van der Waals surface area contributed by atoms with E-state index in [9.17, 15) is 4.79 Å². The number of halogens is 1. The number of fused-ring (bicyclic) bond motifs is 1. The number of benzene rings is 2. The van der Waals surface area contributed by atoms with Crippen LogP contribution in [0.5, 0.6) is 0 Å². The molecule has 3 rings (SSSR count). The monoisotopic (exact) mass is 356 g/mol. The van der Waals surface area contributed by atoms with E-state index in [4.69, 9.17) is 0 Å². The predicted molar refractivity (Wildman–Crippen MR) is 89.5 cm³/mol. The number of urea groups is 1. The summed E-state index contributed by atoms with van der Waals surface area (Å²) in [7, 11) is 0. The second-order valence-corrected chi connectivity index (χ2v) is 5.62. The van der Waals surface area contributed by atoms with Gasteiger partial charge in [-0.15, -0.1) is 0 Å². The minimum Gasteiger partial charge on any atom is -0.334 e. The van der Waals surface area contributed by atoms with Gasteiger partial charge >= 0.3 is 6.03 Å². The molecule has 0 saturated heterocycles. The molecular weight excluding hydrogens is 344 g/mol. The Kier molecular flexibility index (Phi) is 4.29. The average molecular weight is 357 g/mol. The molecule has 2 aromatic carbocycles. The van der Waals surface area contributed by atoms with E-state index in [-0.39, 0.29) is 6.03 Å². The summed E-state index contributed by atoms with van der Waals surface area (Å²) in [5.41, 5.74) is 2.41. The first-order valence-corrected chi connectivity index (χ1v) is 7.50. The molecule has 3 aromatic rings. The Labute approximate surface area is 135 Å². The quantitative estimate of drug-likeness (QED) is 0.751. The highest BCUT2D eigenvalue weighted by Crippen LogP contribution is 2.19. The van der Waals surface area contributed by atoms with Gasteiger partial charge in [-0.3, -0.25) is 0 Å². The fourth-order valence-electron chi connectivity index (χ4n) is 2.07. The smallest absolute Gasteiger partial charge is 0.319 e. The first-order chi connectivity index (χ1) is 10.7. The maximum Gasteiger partial charge on any atom is 0.319 e. The number of nitrogens with zero attached hydrogens (tertiary/aromatic N) is 2. The third kappa shape index (κ3) is 3.40. The lowest BCUT2D eigenvalue weighted by Gasteiger charge is -2.09. The Bertz CT molecular complexity index is 799. The fourth-order valence-corrected chi connectivity index (χ4v) is 2.33. The van der Waals surface area contributed by atoms with Crippen molar-refractivity contribution in [3.8, 4) is 0 Å². The third-order valence-corrected chi connectivity index (χ3v) is 3.68. The van der Waals surface area contributed by atoms with Crippen molar-refractivity contribution >= 4 is 38.6 Å². The van der Waals surface area contributed by atoms with Crippen LogP contribution in [0.15, 0.2) is 59.5 Å². The molecule has 6 heteroatoms. The van der Waals surface area contributed by atoms with E-state index in [1.54, 1.807) is 6.20 Å². The topological polar surface area (TPSA) is 66.9 Å². The summed E-state index contributed by atoms with van der Waals surface area (Å²) < 4.78 is 1.01. The highest BCUT2D eigenvalue weighted by atomic mass is 79.9. The number of aromatic nitrogens is 2. The maximum absolute atomic E-state index is 12.0. The van der Waals surface area contributed by atoms with Crippen LogP contribution in [0.3, 0.4) is 0 Å². The molecule has 1 heterocycles. The molecule has 0 aliphatic rings. The van der Waals surface area contributed by atoms with Crippen molar-refractivity contribution in [3.05, 3.63) is 65.0 Å². The highest BCUT2D eigenvalue weighted by Gasteiger charge is 2.06. The van der Waals surface area contributed by atoms with E-state index < -0.39 is 0 Å². The van der Waals surface area contributed by atoms with Crippen molar-refractivity contribution in [2.24, 2.45) is 0 Å². The van der Waals surface area contributed by atoms with Crippen molar-refractivity contribution in [1.82, 2.24) is 15.3 Å². The molecular formula is C16H13BrN4O. The predicted octanol–water partition coefficient (Wildman–Crippen LogP) is 3.71. The van der Waals surface area contributed by atoms with Crippen LogP contribution in [-0.4, -0.2) is 16.0 Å². The molecule has 0 saturated carbocycles. The Morgan fingerprint density at radius 3 is 2.77 bits per heavy atom. The number of nitrogens with one attached hydrogen (secondary N) is 2. The molecule has 110 valence electrons. The molecule has 0 atom stereocenters. The Hall–Kier alpha value is -2.47. The first-order valence-electron chi connectivity index (χ1n) is 6.70. The van der Waals surface area contributed by atoms with Gasteiger partial charge in [0.05, 0.1) is 11.2 Å². The van der Waals surface area contributed by atoms with Gasteiger partial charge in [0.15, 0.2) is 0 Å². The second kappa shape index (κ2) is 6.53. The number of para-hydroxylation sites is 1. The number of amides is 2. The second-order valence-electron chi connectivity index (χ2n) is 4.70. The van der Waals surface area contributed by atoms with Crippen LogP contribution >= 0.6 is 15.9 Å². The van der Waals surface area contributed by atoms with Gasteiger partial charge in [-0.1, -0.05) is 40.2 Å². The normalized spacial score (nSPS) is 10.4. The molecule has 2 N–H and O–H groups in total. The third-order valence-electron chi connectivity index (χ3n) is 3.15. The SMILES string of the molecule is O=C(NCc1ccc(Br)cc1)Nc1cccc2cncnc12. The summed E-state index contributed by atoms with van der Waals surface area (Å²) in [6.45, 7) is 0.457. The van der Waals surface area contributed by atoms with Crippen LogP contribution in [0.1, 0.15) is 5.56 Å². The molecule has 22 heavy (non-hydrogen) atoms. The number of rotatable bonds is 3. The summed E-state index contributed by atoms with van der Waals surface area (Å²) in [6, 6.07) is 13.1. The van der Waals surface area contributed by atoms with Gasteiger partial charge in [0.25, 0.3) is 0 Å². The van der Waals surface area contributed by atoms with Crippen LogP contribution in [-0.2, 0) is 6.54 Å². The van der Waals surface area contributed by atoms with E-state index in [0.717, 1.165) is 20.9 Å². The molecule has 5 nitrogen and oxygen atoms in total. The van der Waals surface area contributed by atoms with Gasteiger partial charge in [-0.05, 0) is 23.8 Å². The van der Waals surface area contributed by atoms with Gasteiger partial charge in [0.1, 0.15) is 6.33 Å². The van der Waals surface area contributed by atoms with Crippen molar-refractivity contribution < 1.29 is 4.79 Å². The molecule has 0 fully saturated rings. The van der Waals surface area contributed by atoms with Crippen LogP contribution in [0.2, 0.25) is 0 Å². The largest absolute Gasteiger partial charge is 0.334 e. The van der Waals surface area contributed by atoms with Gasteiger partial charge in [0, 0.05) is 22.6 Å². The summed E-state index contributed by atoms with van der Waals surface area (Å²) in [4.78, 5) is 20.2. The molecule has 0 unspecified atom stereocenters. The first kappa shape index (κ1) is 14.5. The fraction of sp³-hybridized carbons (Fsp3) is 0.0625. The zero-order chi connectivity index (χ0) is 15.4. The summed E-state index contributed by atoms with van der Waals surface area (Å²) in [5.74, 6) is 0. The Morgan fingerprint density at radius 1 is 1.14 bits per heavy atom. The Morgan fingerprint density at radius 2 is 1.95 bits per heavy atom. The molecule has 0 spiro atoms. The van der Waals surface area contributed by atoms with Crippen LogP contribution < -0.4 is 10.6 Å². The van der Waals surface area contributed by atoms with Crippen molar-refractivity contribution in [2.45, 2.75) is 6.54 Å². The zero-order valence-corrected chi connectivity index (χ0v) is 13.2. The van der Waals surface area contributed by atoms with Gasteiger partial charge in [-0.25, -0.2) is 14.8 Å². The minimum atomic E-state index is -0.269. The van der Waals surface area contributed by atoms with Gasteiger partial charge in [0.2, 0.25) is 0 Å². The van der Waals surface area contributed by atoms with E-state index in [2.05, 4.69) is 36.5 Å². The molecule has 2 amide bonds. The van der Waals surface area contributed by atoms with Crippen LogP contribution in [0.25, 0.3) is 10.9 Å². The number of carbonyl (C=O) groups is 1. The molecule has 1 aromatic heterocycles. The van der Waals surface area contributed by atoms with Crippen LogP contribution in [0.4, 0.5) is 10.5 Å². The standard InChI is InChI=1S/C16H13BrN4O/c17-13-6-4-11(5-7-13)8-19-16(22)21-14-3-1-2-12-9-18-10-20-15(12)14/h1-7,9-10H,8H2,(H2,19,21,22). The van der Waals surface area contributed by atoms with E-state index in [1.165, 1.54) is 6.33 Å². The highest BCUT2D eigenvalue weighted by molar-refractivity contribution is 9.10. The Balaban J connectivity index is 1.67. The van der Waals surface area contributed by atoms with Gasteiger partial charge in [-0.2, -0.15) is 0 Å². The summed E-state index contributed by atoms with van der Waals surface area (Å²) in [6.07, 6.45) is 3.18. The van der Waals surface area contributed by atoms with Crippen molar-refractivity contribution in [2.75, 3.05) is 5.32 Å². The maximum atomic E-state index is 12.0. The number of hydrogen-bond acceptors (Lipinski definition) is 3. The lowest BCUT2D eigenvalue weighted by Crippen LogP contribution is -2.28. The molecule has 0 aliphatic carbocycles. The summed E-state index contributed by atoms with van der Waals surface area (Å²) in [5, 5.41) is 6.52. The number of anilines is 1. The number of carbonyl (C=O) groups excluding carboxylic acids is 1. The van der Waals surface area contributed by atoms with E-state index in [0.29, 0.717) is 12.2 Å². The lowest BCUT2D eigenvalue weighted by molar-refractivity contribution is 0.252. The number of hydrogen-bond donors (Lipinski definition) is 2. The molecule has 0 bridgehead atoms. The zero-order valence-electron chi connectivity index (χ0n) is 11.6. The molecule has 0 aliphatic heterocycles. The van der Waals surface area contributed by atoms with E-state index in [1.807, 2.05) is 42.5 Å². The van der Waals surface area contributed by atoms with Gasteiger partial charge < -0.3 is 10.6 Å².